The van der Waals surface area contributed by atoms with E-state index in [0.29, 0.717) is 29.6 Å². The van der Waals surface area contributed by atoms with Crippen molar-refractivity contribution in [2.45, 2.75) is 26.2 Å². The SMILES string of the molecule is CCOc1cccc(/C=N/NC(=O)c2cc(-c3ccccc3)nc(N3CCCCC3)n2)c1O. The maximum atomic E-state index is 12.9. The number of ether oxygens (including phenoxy) is 1. The minimum Gasteiger partial charge on any atom is -0.504 e. The number of nitrogens with one attached hydrogen (secondary N) is 1. The quantitative estimate of drug-likeness (QED) is 0.421. The molecule has 0 aliphatic carbocycles. The van der Waals surface area contributed by atoms with Crippen LogP contribution in [0, 0.1) is 0 Å². The number of piperidine rings is 1. The average molecular weight is 446 g/mol. The molecule has 4 rings (SSSR count). The number of carbonyl (C=O) groups excluding carboxylic acids is 1. The molecule has 1 fully saturated rings. The zero-order valence-corrected chi connectivity index (χ0v) is 18.6. The Labute approximate surface area is 193 Å². The fourth-order valence-electron chi connectivity index (χ4n) is 3.68. The van der Waals surface area contributed by atoms with Gasteiger partial charge in [0.05, 0.1) is 18.5 Å². The maximum absolute atomic E-state index is 12.9. The number of para-hydroxylation sites is 1. The van der Waals surface area contributed by atoms with E-state index in [2.05, 4.69) is 20.4 Å². The van der Waals surface area contributed by atoms with Crippen LogP contribution in [0.15, 0.2) is 59.7 Å². The number of nitrogens with zero attached hydrogens (tertiary/aromatic N) is 4. The Morgan fingerprint density at radius 2 is 1.91 bits per heavy atom. The molecule has 8 heteroatoms. The normalized spacial score (nSPS) is 13.8. The van der Waals surface area contributed by atoms with Gasteiger partial charge < -0.3 is 14.7 Å². The van der Waals surface area contributed by atoms with Crippen molar-refractivity contribution >= 4 is 18.1 Å². The Bertz CT molecular complexity index is 1130. The summed E-state index contributed by atoms with van der Waals surface area (Å²) in [6.45, 7) is 4.01. The maximum Gasteiger partial charge on any atom is 0.290 e. The lowest BCUT2D eigenvalue weighted by Crippen LogP contribution is -2.32. The number of phenolic OH excluding ortho intramolecular Hbond substituents is 1. The number of hydrogen-bond acceptors (Lipinski definition) is 7. The second-order valence-electron chi connectivity index (χ2n) is 7.68. The number of phenols is 1. The summed E-state index contributed by atoms with van der Waals surface area (Å²) in [6, 6.07) is 16.5. The molecule has 1 aliphatic heterocycles. The molecule has 1 amide bonds. The Hall–Kier alpha value is -3.94. The molecule has 33 heavy (non-hydrogen) atoms. The van der Waals surface area contributed by atoms with Crippen LogP contribution >= 0.6 is 0 Å². The lowest BCUT2D eigenvalue weighted by Gasteiger charge is -2.27. The van der Waals surface area contributed by atoms with E-state index in [1.165, 1.54) is 12.6 Å². The van der Waals surface area contributed by atoms with Gasteiger partial charge in [-0.1, -0.05) is 36.4 Å². The number of hydrazone groups is 1. The van der Waals surface area contributed by atoms with Crippen LogP contribution in [0.1, 0.15) is 42.2 Å². The molecule has 2 N–H and O–H groups in total. The van der Waals surface area contributed by atoms with Gasteiger partial charge in [0, 0.05) is 24.2 Å². The van der Waals surface area contributed by atoms with E-state index in [-0.39, 0.29) is 11.4 Å². The number of aromatic hydroxyl groups is 1. The summed E-state index contributed by atoms with van der Waals surface area (Å²) in [5.74, 6) is 0.428. The van der Waals surface area contributed by atoms with E-state index < -0.39 is 5.91 Å². The molecule has 0 saturated carbocycles. The second-order valence-corrected chi connectivity index (χ2v) is 7.68. The average Bonchev–Trinajstić information content (AvgIpc) is 2.87. The Morgan fingerprint density at radius 3 is 2.67 bits per heavy atom. The lowest BCUT2D eigenvalue weighted by molar-refractivity contribution is 0.0950. The highest BCUT2D eigenvalue weighted by atomic mass is 16.5. The van der Waals surface area contributed by atoms with Gasteiger partial charge in [-0.2, -0.15) is 5.10 Å². The molecule has 1 saturated heterocycles. The number of benzene rings is 2. The Kier molecular flexibility index (Phi) is 7.14. The molecule has 0 bridgehead atoms. The van der Waals surface area contributed by atoms with Crippen molar-refractivity contribution in [1.29, 1.82) is 0 Å². The van der Waals surface area contributed by atoms with Gasteiger partial charge in [0.2, 0.25) is 5.95 Å². The lowest BCUT2D eigenvalue weighted by atomic mass is 10.1. The van der Waals surface area contributed by atoms with Crippen molar-refractivity contribution < 1.29 is 14.6 Å². The second kappa shape index (κ2) is 10.6. The summed E-state index contributed by atoms with van der Waals surface area (Å²) in [6.07, 6.45) is 4.72. The van der Waals surface area contributed by atoms with E-state index in [1.54, 1.807) is 24.3 Å². The van der Waals surface area contributed by atoms with Crippen LogP contribution in [0.4, 0.5) is 5.95 Å². The van der Waals surface area contributed by atoms with Gasteiger partial charge in [0.1, 0.15) is 5.69 Å². The standard InChI is InChI=1S/C25H27N5O3/c1-2-33-22-13-9-12-19(23(22)31)17-26-29-24(32)21-16-20(18-10-5-3-6-11-18)27-25(28-21)30-14-7-4-8-15-30/h3,5-6,9-13,16-17,31H,2,4,7-8,14-15H2,1H3,(H,29,32)/b26-17+. The third-order valence-corrected chi connectivity index (χ3v) is 5.36. The zero-order chi connectivity index (χ0) is 23.0. The fourth-order valence-corrected chi connectivity index (χ4v) is 3.68. The Morgan fingerprint density at radius 1 is 1.12 bits per heavy atom. The van der Waals surface area contributed by atoms with Crippen molar-refractivity contribution in [3.8, 4) is 22.8 Å². The van der Waals surface area contributed by atoms with Gasteiger partial charge in [0.25, 0.3) is 5.91 Å². The highest BCUT2D eigenvalue weighted by molar-refractivity contribution is 5.94. The van der Waals surface area contributed by atoms with Gasteiger partial charge in [-0.05, 0) is 44.4 Å². The number of rotatable bonds is 7. The molecule has 0 radical (unpaired) electrons. The molecular weight excluding hydrogens is 418 g/mol. The summed E-state index contributed by atoms with van der Waals surface area (Å²) in [5, 5.41) is 14.3. The predicted octanol–water partition coefficient (Wildman–Crippen LogP) is 4.00. The van der Waals surface area contributed by atoms with E-state index in [4.69, 9.17) is 9.72 Å². The molecular formula is C25H27N5O3. The van der Waals surface area contributed by atoms with Gasteiger partial charge in [0.15, 0.2) is 11.5 Å². The molecule has 8 nitrogen and oxygen atoms in total. The van der Waals surface area contributed by atoms with Crippen LogP contribution in [0.3, 0.4) is 0 Å². The number of hydrogen-bond donors (Lipinski definition) is 2. The van der Waals surface area contributed by atoms with Crippen molar-refractivity contribution in [1.82, 2.24) is 15.4 Å². The molecule has 0 unspecified atom stereocenters. The van der Waals surface area contributed by atoms with Crippen LogP contribution in [-0.2, 0) is 0 Å². The first kappa shape index (κ1) is 22.3. The minimum atomic E-state index is -0.454. The largest absolute Gasteiger partial charge is 0.504 e. The van der Waals surface area contributed by atoms with Crippen LogP contribution < -0.4 is 15.1 Å². The Balaban J connectivity index is 1.57. The van der Waals surface area contributed by atoms with Gasteiger partial charge in [-0.25, -0.2) is 15.4 Å². The monoisotopic (exact) mass is 445 g/mol. The van der Waals surface area contributed by atoms with Gasteiger partial charge >= 0.3 is 0 Å². The summed E-state index contributed by atoms with van der Waals surface area (Å²) in [4.78, 5) is 24.3. The molecule has 0 atom stereocenters. The highest BCUT2D eigenvalue weighted by Crippen LogP contribution is 2.28. The van der Waals surface area contributed by atoms with Crippen molar-refractivity contribution in [2.75, 3.05) is 24.6 Å². The van der Waals surface area contributed by atoms with Crippen LogP contribution in [0.5, 0.6) is 11.5 Å². The number of anilines is 1. The molecule has 3 aromatic rings. The zero-order valence-electron chi connectivity index (χ0n) is 18.6. The number of amides is 1. The molecule has 0 spiro atoms. The first-order valence-electron chi connectivity index (χ1n) is 11.1. The van der Waals surface area contributed by atoms with E-state index >= 15 is 0 Å². The van der Waals surface area contributed by atoms with Crippen LogP contribution in [0.25, 0.3) is 11.3 Å². The summed E-state index contributed by atoms with van der Waals surface area (Å²) in [5.41, 5.74) is 4.76. The first-order valence-corrected chi connectivity index (χ1v) is 11.1. The third kappa shape index (κ3) is 5.46. The topological polar surface area (TPSA) is 99.9 Å². The summed E-state index contributed by atoms with van der Waals surface area (Å²) in [7, 11) is 0. The molecule has 2 aromatic carbocycles. The molecule has 170 valence electrons. The predicted molar refractivity (Wildman–Crippen MR) is 128 cm³/mol. The summed E-state index contributed by atoms with van der Waals surface area (Å²) >= 11 is 0. The van der Waals surface area contributed by atoms with Crippen molar-refractivity contribution in [2.24, 2.45) is 5.10 Å². The van der Waals surface area contributed by atoms with E-state index in [1.807, 2.05) is 37.3 Å². The number of carbonyl (C=O) groups is 1. The van der Waals surface area contributed by atoms with Gasteiger partial charge in [-0.15, -0.1) is 0 Å². The van der Waals surface area contributed by atoms with Crippen molar-refractivity contribution in [3.05, 3.63) is 65.9 Å². The van der Waals surface area contributed by atoms with Gasteiger partial charge in [-0.3, -0.25) is 4.79 Å². The minimum absolute atomic E-state index is 0.0295. The summed E-state index contributed by atoms with van der Waals surface area (Å²) < 4.78 is 5.38. The molecule has 1 aliphatic rings. The van der Waals surface area contributed by atoms with E-state index in [9.17, 15) is 9.90 Å². The smallest absolute Gasteiger partial charge is 0.290 e. The first-order chi connectivity index (χ1) is 16.2. The van der Waals surface area contributed by atoms with Crippen LogP contribution in [-0.4, -0.2) is 46.9 Å². The molecule has 1 aromatic heterocycles. The van der Waals surface area contributed by atoms with Crippen LogP contribution in [0.2, 0.25) is 0 Å². The highest BCUT2D eigenvalue weighted by Gasteiger charge is 2.18. The van der Waals surface area contributed by atoms with E-state index in [0.717, 1.165) is 31.5 Å². The molecule has 2 heterocycles. The fraction of sp³-hybridized carbons (Fsp3) is 0.280. The number of aromatic nitrogens is 2. The van der Waals surface area contributed by atoms with Crippen molar-refractivity contribution in [3.63, 3.8) is 0 Å². The third-order valence-electron chi connectivity index (χ3n) is 5.36.